The number of likely N-dealkylation sites (N-methyl/N-ethyl adjacent to an activating group) is 1. The van der Waals surface area contributed by atoms with Gasteiger partial charge in [-0.2, -0.15) is 0 Å². The first-order valence-corrected chi connectivity index (χ1v) is 9.85. The fourth-order valence-electron chi connectivity index (χ4n) is 3.61. The smallest absolute Gasteiger partial charge is 0.274 e. The van der Waals surface area contributed by atoms with Crippen LogP contribution < -0.4 is 9.80 Å². The van der Waals surface area contributed by atoms with Crippen molar-refractivity contribution in [2.45, 2.75) is 6.92 Å². The summed E-state index contributed by atoms with van der Waals surface area (Å²) >= 11 is 0. The highest BCUT2D eigenvalue weighted by atomic mass is 16.2. The molecule has 0 aromatic carbocycles. The van der Waals surface area contributed by atoms with E-state index in [1.165, 1.54) is 0 Å². The van der Waals surface area contributed by atoms with Crippen molar-refractivity contribution in [2.24, 2.45) is 0 Å². The molecule has 0 radical (unpaired) electrons. The van der Waals surface area contributed by atoms with Crippen molar-refractivity contribution >= 4 is 17.7 Å². The summed E-state index contributed by atoms with van der Waals surface area (Å²) in [7, 11) is 0. The van der Waals surface area contributed by atoms with E-state index in [2.05, 4.69) is 41.6 Å². The molecule has 0 bridgehead atoms. The Bertz CT molecular complexity index is 768. The molecule has 0 saturated carbocycles. The number of hydrogen-bond donors (Lipinski definition) is 0. The molecule has 148 valence electrons. The van der Waals surface area contributed by atoms with Gasteiger partial charge in [-0.15, -0.1) is 0 Å². The molecule has 2 aliphatic heterocycles. The maximum atomic E-state index is 12.8. The number of nitrogens with zero attached hydrogens (tertiary/aromatic N) is 8. The zero-order chi connectivity index (χ0) is 19.3. The Morgan fingerprint density at radius 2 is 1.54 bits per heavy atom. The minimum atomic E-state index is -0.0662. The van der Waals surface area contributed by atoms with Gasteiger partial charge in [0, 0.05) is 64.8 Å². The lowest BCUT2D eigenvalue weighted by atomic mass is 10.3. The molecule has 2 fully saturated rings. The van der Waals surface area contributed by atoms with Crippen LogP contribution in [0, 0.1) is 0 Å². The van der Waals surface area contributed by atoms with Crippen LogP contribution in [-0.2, 0) is 0 Å². The zero-order valence-corrected chi connectivity index (χ0v) is 16.2. The third-order valence-electron chi connectivity index (χ3n) is 5.40. The number of hydrogen-bond acceptors (Lipinski definition) is 8. The molecule has 1 amide bonds. The van der Waals surface area contributed by atoms with E-state index in [9.17, 15) is 4.79 Å². The van der Waals surface area contributed by atoms with Gasteiger partial charge in [-0.3, -0.25) is 4.79 Å². The van der Waals surface area contributed by atoms with E-state index in [1.54, 1.807) is 30.9 Å². The van der Waals surface area contributed by atoms with E-state index in [1.807, 2.05) is 4.90 Å². The number of aromatic nitrogens is 4. The summed E-state index contributed by atoms with van der Waals surface area (Å²) in [6, 6.07) is 1.80. The fraction of sp³-hybridized carbons (Fsp3) is 0.526. The Morgan fingerprint density at radius 1 is 0.857 bits per heavy atom. The van der Waals surface area contributed by atoms with Crippen LogP contribution in [0.5, 0.6) is 0 Å². The van der Waals surface area contributed by atoms with Crippen molar-refractivity contribution in [3.05, 3.63) is 36.5 Å². The summed E-state index contributed by atoms with van der Waals surface area (Å²) < 4.78 is 0. The van der Waals surface area contributed by atoms with Crippen molar-refractivity contribution in [3.8, 4) is 0 Å². The Labute approximate surface area is 165 Å². The maximum Gasteiger partial charge on any atom is 0.274 e. The number of amides is 1. The lowest BCUT2D eigenvalue weighted by molar-refractivity contribution is 0.0740. The van der Waals surface area contributed by atoms with Gasteiger partial charge in [0.2, 0.25) is 5.95 Å². The number of piperazine rings is 2. The number of rotatable bonds is 4. The van der Waals surface area contributed by atoms with E-state index < -0.39 is 0 Å². The minimum Gasteiger partial charge on any atom is -0.353 e. The Balaban J connectivity index is 1.33. The third kappa shape index (κ3) is 4.04. The van der Waals surface area contributed by atoms with E-state index in [0.29, 0.717) is 37.8 Å². The molecular weight excluding hydrogens is 356 g/mol. The van der Waals surface area contributed by atoms with Crippen LogP contribution in [0.3, 0.4) is 0 Å². The normalized spacial score (nSPS) is 18.4. The lowest BCUT2D eigenvalue weighted by Gasteiger charge is -2.35. The quantitative estimate of drug-likeness (QED) is 0.750. The van der Waals surface area contributed by atoms with Crippen LogP contribution in [0.4, 0.5) is 11.8 Å². The van der Waals surface area contributed by atoms with E-state index in [4.69, 9.17) is 0 Å². The molecule has 0 unspecified atom stereocenters. The van der Waals surface area contributed by atoms with Crippen LogP contribution in [0.2, 0.25) is 0 Å². The second-order valence-corrected chi connectivity index (χ2v) is 7.01. The summed E-state index contributed by atoms with van der Waals surface area (Å²) in [5, 5.41) is 0. The summed E-state index contributed by atoms with van der Waals surface area (Å²) in [6.45, 7) is 9.89. The molecule has 0 atom stereocenters. The van der Waals surface area contributed by atoms with Crippen LogP contribution in [0.25, 0.3) is 0 Å². The first-order chi connectivity index (χ1) is 13.7. The van der Waals surface area contributed by atoms with Gasteiger partial charge in [-0.25, -0.2) is 19.9 Å². The van der Waals surface area contributed by atoms with Gasteiger partial charge in [0.25, 0.3) is 5.91 Å². The molecule has 2 saturated heterocycles. The number of carbonyl (C=O) groups is 1. The van der Waals surface area contributed by atoms with Gasteiger partial charge in [-0.05, 0) is 12.6 Å². The van der Waals surface area contributed by atoms with E-state index in [-0.39, 0.29) is 5.91 Å². The second-order valence-electron chi connectivity index (χ2n) is 7.01. The SMILES string of the molecule is CCN1CCN(c2cnc(C(=O)N3CCN(c4ncccn4)CC3)cn2)CC1. The van der Waals surface area contributed by atoms with E-state index in [0.717, 1.165) is 38.5 Å². The van der Waals surface area contributed by atoms with Gasteiger partial charge in [0.15, 0.2) is 0 Å². The van der Waals surface area contributed by atoms with Crippen LogP contribution in [0.15, 0.2) is 30.9 Å². The summed E-state index contributed by atoms with van der Waals surface area (Å²) in [5.74, 6) is 1.49. The molecule has 2 aromatic rings. The van der Waals surface area contributed by atoms with Gasteiger partial charge in [0.1, 0.15) is 11.5 Å². The van der Waals surface area contributed by atoms with Crippen molar-refractivity contribution in [2.75, 3.05) is 68.7 Å². The largest absolute Gasteiger partial charge is 0.353 e. The van der Waals surface area contributed by atoms with E-state index >= 15 is 0 Å². The molecule has 0 spiro atoms. The first kappa shape index (κ1) is 18.5. The molecule has 4 rings (SSSR count). The number of carbonyl (C=O) groups excluding carboxylic acids is 1. The highest BCUT2D eigenvalue weighted by Gasteiger charge is 2.25. The van der Waals surface area contributed by atoms with Crippen LogP contribution >= 0.6 is 0 Å². The monoisotopic (exact) mass is 382 g/mol. The van der Waals surface area contributed by atoms with Gasteiger partial charge in [0.05, 0.1) is 12.4 Å². The fourth-order valence-corrected chi connectivity index (χ4v) is 3.61. The molecule has 4 heterocycles. The lowest BCUT2D eigenvalue weighted by Crippen LogP contribution is -2.49. The molecule has 28 heavy (non-hydrogen) atoms. The van der Waals surface area contributed by atoms with Gasteiger partial charge < -0.3 is 19.6 Å². The summed E-state index contributed by atoms with van der Waals surface area (Å²) in [5.41, 5.74) is 0.403. The average Bonchev–Trinajstić information content (AvgIpc) is 2.79. The second kappa shape index (κ2) is 8.47. The third-order valence-corrected chi connectivity index (χ3v) is 5.40. The molecule has 2 aliphatic rings. The highest BCUT2D eigenvalue weighted by molar-refractivity contribution is 5.92. The summed E-state index contributed by atoms with van der Waals surface area (Å²) in [4.78, 5) is 38.8. The topological polar surface area (TPSA) is 81.6 Å². The van der Waals surface area contributed by atoms with Crippen LogP contribution in [0.1, 0.15) is 17.4 Å². The predicted molar refractivity (Wildman–Crippen MR) is 107 cm³/mol. The molecule has 9 heteroatoms. The average molecular weight is 382 g/mol. The standard InChI is InChI=1S/C19H26N8O/c1-2-24-6-8-25(9-7-24)17-15-22-16(14-23-17)18(28)26-10-12-27(13-11-26)19-20-4-3-5-21-19/h3-5,14-15H,2,6-13H2,1H3. The van der Waals surface area contributed by atoms with Gasteiger partial charge in [-0.1, -0.05) is 6.92 Å². The Hall–Kier alpha value is -2.81. The van der Waals surface area contributed by atoms with Crippen molar-refractivity contribution in [1.82, 2.24) is 29.7 Å². The van der Waals surface area contributed by atoms with Crippen molar-refractivity contribution in [1.29, 1.82) is 0 Å². The highest BCUT2D eigenvalue weighted by Crippen LogP contribution is 2.15. The van der Waals surface area contributed by atoms with Crippen molar-refractivity contribution in [3.63, 3.8) is 0 Å². The molecule has 2 aromatic heterocycles. The maximum absolute atomic E-state index is 12.8. The molecule has 0 aliphatic carbocycles. The first-order valence-electron chi connectivity index (χ1n) is 9.85. The predicted octanol–water partition coefficient (Wildman–Crippen LogP) is 0.371. The zero-order valence-electron chi connectivity index (χ0n) is 16.2. The Kier molecular flexibility index (Phi) is 5.61. The summed E-state index contributed by atoms with van der Waals surface area (Å²) in [6.07, 6.45) is 6.80. The van der Waals surface area contributed by atoms with Crippen molar-refractivity contribution < 1.29 is 4.79 Å². The molecule has 9 nitrogen and oxygen atoms in total. The molecule has 0 N–H and O–H groups in total. The van der Waals surface area contributed by atoms with Crippen LogP contribution in [-0.4, -0.2) is 94.5 Å². The van der Waals surface area contributed by atoms with Gasteiger partial charge >= 0.3 is 0 Å². The minimum absolute atomic E-state index is 0.0662. The molecular formula is C19H26N8O. The Morgan fingerprint density at radius 3 is 2.14 bits per heavy atom. The number of anilines is 2.